The Morgan fingerprint density at radius 3 is 2.72 bits per heavy atom. The minimum atomic E-state index is 0.157. The van der Waals surface area contributed by atoms with E-state index >= 15 is 0 Å². The van der Waals surface area contributed by atoms with Crippen molar-refractivity contribution in [2.24, 2.45) is 11.3 Å². The van der Waals surface area contributed by atoms with Crippen molar-refractivity contribution in [1.82, 2.24) is 5.32 Å². The monoisotopic (exact) mass is 313 g/mol. The van der Waals surface area contributed by atoms with E-state index in [1.165, 1.54) is 6.42 Å². The van der Waals surface area contributed by atoms with Gasteiger partial charge >= 0.3 is 0 Å². The zero-order chi connectivity index (χ0) is 13.3. The summed E-state index contributed by atoms with van der Waals surface area (Å²) in [4.78, 5) is 0. The molecule has 1 fully saturated rings. The van der Waals surface area contributed by atoms with Gasteiger partial charge in [0.15, 0.2) is 11.5 Å². The highest BCUT2D eigenvalue weighted by atomic mass is 79.9. The highest BCUT2D eigenvalue weighted by Gasteiger charge is 2.44. The third kappa shape index (κ3) is 2.98. The van der Waals surface area contributed by atoms with Crippen molar-refractivity contribution in [3.05, 3.63) is 22.2 Å². The average Bonchev–Trinajstić information content (AvgIpc) is 2.91. The maximum atomic E-state index is 9.72. The van der Waals surface area contributed by atoms with E-state index in [0.29, 0.717) is 15.6 Å². The van der Waals surface area contributed by atoms with Crippen LogP contribution in [0.5, 0.6) is 11.5 Å². The molecule has 2 rings (SSSR count). The number of aromatic hydroxyl groups is 1. The Morgan fingerprint density at radius 1 is 1.50 bits per heavy atom. The molecular formula is C14H20BrNO2. The molecule has 3 nitrogen and oxygen atoms in total. The predicted molar refractivity (Wildman–Crippen MR) is 76.0 cm³/mol. The number of nitrogens with one attached hydrogen (secondary N) is 1. The number of phenols is 1. The van der Waals surface area contributed by atoms with E-state index < -0.39 is 0 Å². The van der Waals surface area contributed by atoms with Gasteiger partial charge in [0.1, 0.15) is 0 Å². The van der Waals surface area contributed by atoms with E-state index in [2.05, 4.69) is 35.1 Å². The Kier molecular flexibility index (Phi) is 3.87. The van der Waals surface area contributed by atoms with Crippen molar-refractivity contribution >= 4 is 15.9 Å². The maximum absolute atomic E-state index is 9.72. The number of benzene rings is 1. The molecule has 18 heavy (non-hydrogen) atoms. The van der Waals surface area contributed by atoms with Crippen molar-refractivity contribution in [3.63, 3.8) is 0 Å². The van der Waals surface area contributed by atoms with Crippen LogP contribution in [0, 0.1) is 11.3 Å². The second-order valence-corrected chi connectivity index (χ2v) is 6.50. The van der Waals surface area contributed by atoms with Gasteiger partial charge in [0.05, 0.1) is 11.6 Å². The number of ether oxygens (including phenoxy) is 1. The van der Waals surface area contributed by atoms with E-state index in [0.717, 1.165) is 24.6 Å². The largest absolute Gasteiger partial charge is 0.503 e. The lowest BCUT2D eigenvalue weighted by molar-refractivity contribution is 0.371. The van der Waals surface area contributed by atoms with Crippen LogP contribution in [-0.2, 0) is 6.54 Å². The second-order valence-electron chi connectivity index (χ2n) is 5.65. The van der Waals surface area contributed by atoms with E-state index in [-0.39, 0.29) is 5.75 Å². The molecule has 0 radical (unpaired) electrons. The number of hydrogen-bond donors (Lipinski definition) is 2. The molecule has 1 aromatic rings. The molecule has 1 unspecified atom stereocenters. The average molecular weight is 314 g/mol. The summed E-state index contributed by atoms with van der Waals surface area (Å²) in [6.45, 7) is 6.45. The highest BCUT2D eigenvalue weighted by molar-refractivity contribution is 9.10. The van der Waals surface area contributed by atoms with Crippen LogP contribution >= 0.6 is 15.9 Å². The second kappa shape index (κ2) is 5.10. The van der Waals surface area contributed by atoms with Gasteiger partial charge in [0, 0.05) is 6.54 Å². The van der Waals surface area contributed by atoms with Crippen molar-refractivity contribution in [3.8, 4) is 11.5 Å². The molecule has 0 bridgehead atoms. The fourth-order valence-corrected chi connectivity index (χ4v) is 2.69. The van der Waals surface area contributed by atoms with Crippen molar-refractivity contribution in [2.45, 2.75) is 26.8 Å². The van der Waals surface area contributed by atoms with Gasteiger partial charge in [-0.2, -0.15) is 0 Å². The lowest BCUT2D eigenvalue weighted by Crippen LogP contribution is -2.18. The number of rotatable bonds is 5. The van der Waals surface area contributed by atoms with Crippen LogP contribution in [0.4, 0.5) is 0 Å². The van der Waals surface area contributed by atoms with Gasteiger partial charge in [-0.15, -0.1) is 0 Å². The van der Waals surface area contributed by atoms with Gasteiger partial charge in [-0.25, -0.2) is 0 Å². The molecule has 1 saturated carbocycles. The molecule has 1 aliphatic rings. The number of phenolic OH excluding ortho intramolecular Hbond substituents is 1. The molecule has 0 spiro atoms. The van der Waals surface area contributed by atoms with Gasteiger partial charge in [0.25, 0.3) is 0 Å². The predicted octanol–water partition coefficient (Wildman–Crippen LogP) is 3.30. The summed E-state index contributed by atoms with van der Waals surface area (Å²) in [5.74, 6) is 1.46. The first-order valence-corrected chi connectivity index (χ1v) is 6.99. The van der Waals surface area contributed by atoms with Crippen LogP contribution in [0.1, 0.15) is 25.8 Å². The van der Waals surface area contributed by atoms with Crippen molar-refractivity contribution in [2.75, 3.05) is 13.7 Å². The van der Waals surface area contributed by atoms with E-state index in [9.17, 15) is 5.11 Å². The SMILES string of the molecule is COc1cc(CNCC2CC2(C)C)cc(Br)c1O. The summed E-state index contributed by atoms with van der Waals surface area (Å²) in [6.07, 6.45) is 1.31. The summed E-state index contributed by atoms with van der Waals surface area (Å²) in [7, 11) is 1.56. The lowest BCUT2D eigenvalue weighted by Gasteiger charge is -2.10. The summed E-state index contributed by atoms with van der Waals surface area (Å²) in [5, 5.41) is 13.2. The van der Waals surface area contributed by atoms with Gasteiger partial charge < -0.3 is 15.2 Å². The van der Waals surface area contributed by atoms with Crippen molar-refractivity contribution in [1.29, 1.82) is 0 Å². The first-order chi connectivity index (χ1) is 8.44. The van der Waals surface area contributed by atoms with Crippen LogP contribution in [0.3, 0.4) is 0 Å². The number of halogens is 1. The van der Waals surface area contributed by atoms with Gasteiger partial charge in [-0.05, 0) is 57.9 Å². The molecule has 0 heterocycles. The topological polar surface area (TPSA) is 41.5 Å². The lowest BCUT2D eigenvalue weighted by atomic mass is 10.1. The highest BCUT2D eigenvalue weighted by Crippen LogP contribution is 2.51. The van der Waals surface area contributed by atoms with Crippen LogP contribution in [0.25, 0.3) is 0 Å². The maximum Gasteiger partial charge on any atom is 0.172 e. The van der Waals surface area contributed by atoms with Gasteiger partial charge in [-0.1, -0.05) is 13.8 Å². The Hall–Kier alpha value is -0.740. The normalized spacial score (nSPS) is 20.8. The van der Waals surface area contributed by atoms with E-state index in [1.807, 2.05) is 12.1 Å². The molecule has 100 valence electrons. The number of methoxy groups -OCH3 is 1. The van der Waals surface area contributed by atoms with Crippen LogP contribution < -0.4 is 10.1 Å². The summed E-state index contributed by atoms with van der Waals surface area (Å²) in [5.41, 5.74) is 1.62. The quantitative estimate of drug-likeness (QED) is 0.876. The molecule has 0 amide bonds. The molecule has 2 N–H and O–H groups in total. The Bertz CT molecular complexity index is 446. The molecule has 1 atom stereocenters. The van der Waals surface area contributed by atoms with Crippen LogP contribution in [-0.4, -0.2) is 18.8 Å². The van der Waals surface area contributed by atoms with Crippen LogP contribution in [0.15, 0.2) is 16.6 Å². The Morgan fingerprint density at radius 2 is 2.17 bits per heavy atom. The fraction of sp³-hybridized carbons (Fsp3) is 0.571. The van der Waals surface area contributed by atoms with E-state index in [1.54, 1.807) is 7.11 Å². The Labute approximate surface area is 117 Å². The first-order valence-electron chi connectivity index (χ1n) is 6.20. The minimum absolute atomic E-state index is 0.157. The molecule has 1 aromatic carbocycles. The molecule has 0 aliphatic heterocycles. The van der Waals surface area contributed by atoms with Gasteiger partial charge in [-0.3, -0.25) is 0 Å². The van der Waals surface area contributed by atoms with E-state index in [4.69, 9.17) is 4.74 Å². The third-order valence-corrected chi connectivity index (χ3v) is 4.35. The standard InChI is InChI=1S/C14H20BrNO2/c1-14(2)6-10(14)8-16-7-9-4-11(15)13(17)12(5-9)18-3/h4-5,10,16-17H,6-8H2,1-3H3. The molecule has 1 aliphatic carbocycles. The van der Waals surface area contributed by atoms with Crippen LogP contribution in [0.2, 0.25) is 0 Å². The zero-order valence-electron chi connectivity index (χ0n) is 11.1. The van der Waals surface area contributed by atoms with Gasteiger partial charge in [0.2, 0.25) is 0 Å². The Balaban J connectivity index is 1.91. The molecular weight excluding hydrogens is 294 g/mol. The molecule has 0 saturated heterocycles. The first kappa shape index (κ1) is 13.7. The minimum Gasteiger partial charge on any atom is -0.503 e. The van der Waals surface area contributed by atoms with Crippen molar-refractivity contribution < 1.29 is 9.84 Å². The molecule has 0 aromatic heterocycles. The summed E-state index contributed by atoms with van der Waals surface area (Å²) < 4.78 is 5.80. The zero-order valence-corrected chi connectivity index (χ0v) is 12.7. The fourth-order valence-electron chi connectivity index (χ4n) is 2.20. The smallest absolute Gasteiger partial charge is 0.172 e. The summed E-state index contributed by atoms with van der Waals surface area (Å²) in [6, 6.07) is 3.79. The third-order valence-electron chi connectivity index (χ3n) is 3.75. The number of hydrogen-bond acceptors (Lipinski definition) is 3. The summed E-state index contributed by atoms with van der Waals surface area (Å²) >= 11 is 3.33. The molecule has 4 heteroatoms.